The monoisotopic (exact) mass is 318 g/mol. The van der Waals surface area contributed by atoms with Gasteiger partial charge in [-0.05, 0) is 30.5 Å². The van der Waals surface area contributed by atoms with E-state index in [1.165, 1.54) is 5.56 Å². The molecular formula is C18H23ClN2O. The molecule has 22 heavy (non-hydrogen) atoms. The van der Waals surface area contributed by atoms with Gasteiger partial charge >= 0.3 is 0 Å². The molecule has 0 saturated carbocycles. The van der Waals surface area contributed by atoms with E-state index < -0.39 is 0 Å². The van der Waals surface area contributed by atoms with Gasteiger partial charge < -0.3 is 11.1 Å². The lowest BCUT2D eigenvalue weighted by Gasteiger charge is -2.17. The minimum atomic E-state index is -0.213. The van der Waals surface area contributed by atoms with Crippen LogP contribution < -0.4 is 11.1 Å². The molecule has 0 aliphatic rings. The Bertz CT molecular complexity index is 599. The van der Waals surface area contributed by atoms with E-state index in [1.54, 1.807) is 0 Å². The number of rotatable bonds is 5. The molecule has 118 valence electrons. The molecule has 0 saturated heterocycles. The highest BCUT2D eigenvalue weighted by molar-refractivity contribution is 5.93. The van der Waals surface area contributed by atoms with Gasteiger partial charge in [-0.15, -0.1) is 12.4 Å². The molecule has 0 aliphatic heterocycles. The molecular weight excluding hydrogens is 296 g/mol. The third-order valence-electron chi connectivity index (χ3n) is 3.71. The lowest BCUT2D eigenvalue weighted by molar-refractivity contribution is -0.119. The van der Waals surface area contributed by atoms with Crippen molar-refractivity contribution < 1.29 is 4.79 Å². The summed E-state index contributed by atoms with van der Waals surface area (Å²) in [7, 11) is 0. The first-order valence-electron chi connectivity index (χ1n) is 7.26. The standard InChI is InChI=1S/C18H22N2O.ClH/c1-13(14(2)19)18(21)20-17-11-7-6-10-16(17)12-15-8-4-3-5-9-15;/h3-11,13-14H,12,19H2,1-2H3,(H,20,21);1H. The maximum atomic E-state index is 12.2. The SMILES string of the molecule is CC(N)C(C)C(=O)Nc1ccccc1Cc1ccccc1.Cl. The van der Waals surface area contributed by atoms with Gasteiger partial charge in [0.2, 0.25) is 5.91 Å². The van der Waals surface area contributed by atoms with Gasteiger partial charge in [-0.1, -0.05) is 55.5 Å². The summed E-state index contributed by atoms with van der Waals surface area (Å²) < 4.78 is 0. The van der Waals surface area contributed by atoms with Crippen molar-refractivity contribution in [3.05, 3.63) is 65.7 Å². The summed E-state index contributed by atoms with van der Waals surface area (Å²) >= 11 is 0. The average Bonchev–Trinajstić information content (AvgIpc) is 2.49. The highest BCUT2D eigenvalue weighted by Crippen LogP contribution is 2.20. The lowest BCUT2D eigenvalue weighted by Crippen LogP contribution is -2.34. The van der Waals surface area contributed by atoms with Crippen molar-refractivity contribution in [3.63, 3.8) is 0 Å². The van der Waals surface area contributed by atoms with E-state index in [-0.39, 0.29) is 30.3 Å². The minimum absolute atomic E-state index is 0. The zero-order valence-electron chi connectivity index (χ0n) is 13.0. The number of halogens is 1. The van der Waals surface area contributed by atoms with E-state index in [4.69, 9.17) is 5.73 Å². The topological polar surface area (TPSA) is 55.1 Å². The fourth-order valence-corrected chi connectivity index (χ4v) is 2.10. The van der Waals surface area contributed by atoms with Crippen LogP contribution in [0.15, 0.2) is 54.6 Å². The van der Waals surface area contributed by atoms with Crippen LogP contribution in [0.25, 0.3) is 0 Å². The zero-order chi connectivity index (χ0) is 15.2. The van der Waals surface area contributed by atoms with E-state index in [2.05, 4.69) is 17.4 Å². The van der Waals surface area contributed by atoms with Gasteiger partial charge in [0.1, 0.15) is 0 Å². The largest absolute Gasteiger partial charge is 0.327 e. The number of amides is 1. The Balaban J connectivity index is 0.00000242. The smallest absolute Gasteiger partial charge is 0.228 e. The first-order valence-corrected chi connectivity index (χ1v) is 7.26. The van der Waals surface area contributed by atoms with Crippen molar-refractivity contribution in [2.75, 3.05) is 5.32 Å². The van der Waals surface area contributed by atoms with Crippen molar-refractivity contribution in [2.24, 2.45) is 11.7 Å². The van der Waals surface area contributed by atoms with Gasteiger partial charge in [0, 0.05) is 11.7 Å². The van der Waals surface area contributed by atoms with Crippen LogP contribution in [0.4, 0.5) is 5.69 Å². The Morgan fingerprint density at radius 1 is 1.05 bits per heavy atom. The summed E-state index contributed by atoms with van der Waals surface area (Å²) in [6, 6.07) is 18.0. The summed E-state index contributed by atoms with van der Waals surface area (Å²) in [6.45, 7) is 3.69. The van der Waals surface area contributed by atoms with Gasteiger partial charge in [0.25, 0.3) is 0 Å². The molecule has 3 nitrogen and oxygen atoms in total. The van der Waals surface area contributed by atoms with Crippen molar-refractivity contribution >= 4 is 24.0 Å². The van der Waals surface area contributed by atoms with Gasteiger partial charge in [0.05, 0.1) is 5.92 Å². The summed E-state index contributed by atoms with van der Waals surface area (Å²) in [6.07, 6.45) is 0.795. The highest BCUT2D eigenvalue weighted by Gasteiger charge is 2.17. The molecule has 0 radical (unpaired) electrons. The van der Waals surface area contributed by atoms with Gasteiger partial charge in [-0.25, -0.2) is 0 Å². The maximum absolute atomic E-state index is 12.2. The molecule has 0 bridgehead atoms. The van der Waals surface area contributed by atoms with Crippen molar-refractivity contribution in [1.82, 2.24) is 0 Å². The molecule has 2 unspecified atom stereocenters. The number of hydrogen-bond donors (Lipinski definition) is 2. The molecule has 1 amide bonds. The second kappa shape index (κ2) is 8.57. The van der Waals surface area contributed by atoms with Crippen molar-refractivity contribution in [1.29, 1.82) is 0 Å². The molecule has 2 atom stereocenters. The van der Waals surface area contributed by atoms with Gasteiger partial charge in [-0.2, -0.15) is 0 Å². The number of carbonyl (C=O) groups excluding carboxylic acids is 1. The highest BCUT2D eigenvalue weighted by atomic mass is 35.5. The number of nitrogens with two attached hydrogens (primary N) is 1. The number of hydrogen-bond acceptors (Lipinski definition) is 2. The zero-order valence-corrected chi connectivity index (χ0v) is 13.8. The van der Waals surface area contributed by atoms with Crippen LogP contribution in [0.1, 0.15) is 25.0 Å². The number of nitrogens with one attached hydrogen (secondary N) is 1. The number of carbonyl (C=O) groups is 1. The Morgan fingerprint density at radius 3 is 2.27 bits per heavy atom. The maximum Gasteiger partial charge on any atom is 0.228 e. The molecule has 0 fully saturated rings. The van der Waals surface area contributed by atoms with Crippen LogP contribution in [-0.4, -0.2) is 11.9 Å². The Hall–Kier alpha value is -1.84. The van der Waals surface area contributed by atoms with E-state index in [9.17, 15) is 4.79 Å². The minimum Gasteiger partial charge on any atom is -0.327 e. The molecule has 4 heteroatoms. The molecule has 0 spiro atoms. The number of anilines is 1. The second-order valence-electron chi connectivity index (χ2n) is 5.46. The normalized spacial score (nSPS) is 12.9. The van der Waals surface area contributed by atoms with E-state index in [0.717, 1.165) is 17.7 Å². The summed E-state index contributed by atoms with van der Waals surface area (Å²) in [5, 5.41) is 2.99. The number of benzene rings is 2. The third kappa shape index (κ3) is 4.86. The van der Waals surface area contributed by atoms with Crippen LogP contribution in [0.3, 0.4) is 0 Å². The van der Waals surface area contributed by atoms with Crippen LogP contribution in [0.5, 0.6) is 0 Å². The lowest BCUT2D eigenvalue weighted by atomic mass is 10.0. The summed E-state index contributed by atoms with van der Waals surface area (Å²) in [4.78, 5) is 12.2. The van der Waals surface area contributed by atoms with Crippen LogP contribution >= 0.6 is 12.4 Å². The second-order valence-corrected chi connectivity index (χ2v) is 5.46. The fourth-order valence-electron chi connectivity index (χ4n) is 2.10. The van der Waals surface area contributed by atoms with Crippen LogP contribution in [-0.2, 0) is 11.2 Å². The summed E-state index contributed by atoms with van der Waals surface area (Å²) in [5.41, 5.74) is 8.98. The molecule has 0 aromatic heterocycles. The van der Waals surface area contributed by atoms with Gasteiger partial charge in [0.15, 0.2) is 0 Å². The van der Waals surface area contributed by atoms with Gasteiger partial charge in [-0.3, -0.25) is 4.79 Å². The quantitative estimate of drug-likeness (QED) is 0.884. The first kappa shape index (κ1) is 18.2. The van der Waals surface area contributed by atoms with Crippen molar-refractivity contribution in [2.45, 2.75) is 26.3 Å². The molecule has 2 aromatic rings. The molecule has 2 aromatic carbocycles. The number of para-hydroxylation sites is 1. The fraction of sp³-hybridized carbons (Fsp3) is 0.278. The molecule has 0 aliphatic carbocycles. The Morgan fingerprint density at radius 2 is 1.64 bits per heavy atom. The van der Waals surface area contributed by atoms with Crippen LogP contribution in [0, 0.1) is 5.92 Å². The van der Waals surface area contributed by atoms with E-state index in [1.807, 2.05) is 56.3 Å². The Kier molecular flexibility index (Phi) is 7.09. The van der Waals surface area contributed by atoms with E-state index in [0.29, 0.717) is 0 Å². The predicted molar refractivity (Wildman–Crippen MR) is 94.4 cm³/mol. The average molecular weight is 319 g/mol. The Labute approximate surface area is 138 Å². The third-order valence-corrected chi connectivity index (χ3v) is 3.71. The predicted octanol–water partition coefficient (Wildman–Crippen LogP) is 3.62. The molecule has 2 rings (SSSR count). The molecule has 0 heterocycles. The van der Waals surface area contributed by atoms with E-state index >= 15 is 0 Å². The van der Waals surface area contributed by atoms with Crippen molar-refractivity contribution in [3.8, 4) is 0 Å². The summed E-state index contributed by atoms with van der Waals surface area (Å²) in [5.74, 6) is -0.250. The van der Waals surface area contributed by atoms with Crippen LogP contribution in [0.2, 0.25) is 0 Å². The molecule has 3 N–H and O–H groups in total. The first-order chi connectivity index (χ1) is 10.1.